The fourth-order valence-corrected chi connectivity index (χ4v) is 3.21. The molecule has 3 N–H and O–H groups in total. The number of thiocarbonyl (C=S) groups is 1. The first kappa shape index (κ1) is 13.6. The van der Waals surface area contributed by atoms with E-state index in [1.54, 1.807) is 0 Å². The highest BCUT2D eigenvalue weighted by Gasteiger charge is 2.41. The van der Waals surface area contributed by atoms with Crippen molar-refractivity contribution in [3.8, 4) is 0 Å². The summed E-state index contributed by atoms with van der Waals surface area (Å²) >= 11 is 7.09. The number of nitrogens with zero attached hydrogens (tertiary/aromatic N) is 1. The summed E-state index contributed by atoms with van der Waals surface area (Å²) in [5.74, 6) is 0.854. The average molecular weight is 303 g/mol. The number of hydrogen-bond donors (Lipinski definition) is 2. The number of nitrogens with two attached hydrogens (primary N) is 1. The highest BCUT2D eigenvalue weighted by molar-refractivity contribution is 8.00. The lowest BCUT2D eigenvalue weighted by molar-refractivity contribution is 0.942. The van der Waals surface area contributed by atoms with E-state index in [4.69, 9.17) is 18.0 Å². The van der Waals surface area contributed by atoms with Crippen LogP contribution in [-0.4, -0.2) is 27.5 Å². The standard InChI is InChI=1S/C15H17N3S2/c1-20-15(6-7-15)9-17-13-8-11(14(16)19)10-4-2-3-5-12(10)18-13/h2-5,8H,6-7,9H2,1H3,(H2,16,19)(H,17,18). The molecule has 1 saturated carbocycles. The van der Waals surface area contributed by atoms with E-state index in [1.165, 1.54) is 12.8 Å². The molecule has 0 amide bonds. The van der Waals surface area contributed by atoms with Crippen LogP contribution in [0.1, 0.15) is 18.4 Å². The second-order valence-corrected chi connectivity index (χ2v) is 6.89. The van der Waals surface area contributed by atoms with Crippen molar-refractivity contribution in [2.45, 2.75) is 17.6 Å². The molecule has 0 bridgehead atoms. The van der Waals surface area contributed by atoms with Gasteiger partial charge in [0.15, 0.2) is 0 Å². The van der Waals surface area contributed by atoms with Gasteiger partial charge in [0.2, 0.25) is 0 Å². The fraction of sp³-hybridized carbons (Fsp3) is 0.333. The molecule has 0 radical (unpaired) electrons. The quantitative estimate of drug-likeness (QED) is 0.831. The highest BCUT2D eigenvalue weighted by Crippen LogP contribution is 2.47. The Labute approximate surface area is 128 Å². The van der Waals surface area contributed by atoms with Crippen molar-refractivity contribution >= 4 is 45.7 Å². The van der Waals surface area contributed by atoms with Gasteiger partial charge in [-0.1, -0.05) is 30.4 Å². The molecule has 1 heterocycles. The molecule has 1 aromatic carbocycles. The van der Waals surface area contributed by atoms with Crippen molar-refractivity contribution in [2.24, 2.45) is 5.73 Å². The van der Waals surface area contributed by atoms with E-state index in [1.807, 2.05) is 42.1 Å². The summed E-state index contributed by atoms with van der Waals surface area (Å²) in [4.78, 5) is 5.06. The summed E-state index contributed by atoms with van der Waals surface area (Å²) in [5, 5.41) is 4.45. The predicted octanol–water partition coefficient (Wildman–Crippen LogP) is 3.18. The Morgan fingerprint density at radius 3 is 2.85 bits per heavy atom. The van der Waals surface area contributed by atoms with Crippen LogP contribution in [0.25, 0.3) is 10.9 Å². The van der Waals surface area contributed by atoms with Gasteiger partial charge in [-0.15, -0.1) is 0 Å². The Balaban J connectivity index is 1.93. The SMILES string of the molecule is CSC1(CNc2cc(C(N)=S)c3ccccc3n2)CC1. The number of nitrogens with one attached hydrogen (secondary N) is 1. The molecule has 1 aliphatic rings. The van der Waals surface area contributed by atoms with Crippen molar-refractivity contribution in [2.75, 3.05) is 18.1 Å². The lowest BCUT2D eigenvalue weighted by Crippen LogP contribution is -2.19. The van der Waals surface area contributed by atoms with Gasteiger partial charge >= 0.3 is 0 Å². The summed E-state index contributed by atoms with van der Waals surface area (Å²) in [6, 6.07) is 9.91. The van der Waals surface area contributed by atoms with Crippen LogP contribution in [0.4, 0.5) is 5.82 Å². The number of thioether (sulfide) groups is 1. The van der Waals surface area contributed by atoms with Crippen molar-refractivity contribution in [1.29, 1.82) is 0 Å². The Bertz CT molecular complexity index is 665. The Kier molecular flexibility index (Phi) is 3.56. The summed E-state index contributed by atoms with van der Waals surface area (Å²) in [7, 11) is 0. The molecule has 1 aliphatic carbocycles. The molecular weight excluding hydrogens is 286 g/mol. The number of anilines is 1. The zero-order chi connectivity index (χ0) is 14.2. The van der Waals surface area contributed by atoms with Crippen molar-refractivity contribution in [3.63, 3.8) is 0 Å². The number of hydrogen-bond acceptors (Lipinski definition) is 4. The molecule has 3 rings (SSSR count). The van der Waals surface area contributed by atoms with Crippen LogP contribution in [0.3, 0.4) is 0 Å². The third kappa shape index (κ3) is 2.60. The Morgan fingerprint density at radius 1 is 1.45 bits per heavy atom. The second kappa shape index (κ2) is 5.22. The number of fused-ring (bicyclic) bond motifs is 1. The van der Waals surface area contributed by atoms with Crippen molar-refractivity contribution < 1.29 is 0 Å². The van der Waals surface area contributed by atoms with Crippen LogP contribution in [0.15, 0.2) is 30.3 Å². The van der Waals surface area contributed by atoms with Gasteiger partial charge in [-0.05, 0) is 31.2 Å². The zero-order valence-corrected chi connectivity index (χ0v) is 13.0. The normalized spacial score (nSPS) is 16.1. The third-order valence-electron chi connectivity index (χ3n) is 3.81. The molecule has 5 heteroatoms. The highest BCUT2D eigenvalue weighted by atomic mass is 32.2. The molecule has 0 spiro atoms. The van der Waals surface area contributed by atoms with Crippen LogP contribution in [0.5, 0.6) is 0 Å². The van der Waals surface area contributed by atoms with Gasteiger partial charge in [0.1, 0.15) is 10.8 Å². The van der Waals surface area contributed by atoms with E-state index in [9.17, 15) is 0 Å². The number of rotatable bonds is 5. The molecule has 104 valence electrons. The third-order valence-corrected chi connectivity index (χ3v) is 5.45. The van der Waals surface area contributed by atoms with E-state index in [2.05, 4.69) is 16.6 Å². The van der Waals surface area contributed by atoms with Crippen LogP contribution in [0.2, 0.25) is 0 Å². The molecular formula is C15H17N3S2. The van der Waals surface area contributed by atoms with Crippen LogP contribution in [0, 0.1) is 0 Å². The maximum absolute atomic E-state index is 5.84. The van der Waals surface area contributed by atoms with E-state index >= 15 is 0 Å². The lowest BCUT2D eigenvalue weighted by atomic mass is 10.1. The number of aromatic nitrogens is 1. The Hall–Kier alpha value is -1.33. The molecule has 2 aromatic rings. The van der Waals surface area contributed by atoms with E-state index in [0.29, 0.717) is 9.74 Å². The lowest BCUT2D eigenvalue weighted by Gasteiger charge is -2.15. The first-order chi connectivity index (χ1) is 9.63. The minimum absolute atomic E-state index is 0.400. The Morgan fingerprint density at radius 2 is 2.20 bits per heavy atom. The molecule has 0 aliphatic heterocycles. The first-order valence-corrected chi connectivity index (χ1v) is 8.25. The molecule has 1 aromatic heterocycles. The molecule has 20 heavy (non-hydrogen) atoms. The summed E-state index contributed by atoms with van der Waals surface area (Å²) in [6.45, 7) is 0.941. The van der Waals surface area contributed by atoms with Gasteiger partial charge in [0.25, 0.3) is 0 Å². The second-order valence-electron chi connectivity index (χ2n) is 5.18. The first-order valence-electron chi connectivity index (χ1n) is 6.62. The van der Waals surface area contributed by atoms with Crippen molar-refractivity contribution in [3.05, 3.63) is 35.9 Å². The number of pyridine rings is 1. The average Bonchev–Trinajstić information content (AvgIpc) is 3.25. The van der Waals surface area contributed by atoms with Gasteiger partial charge in [0.05, 0.1) is 5.52 Å². The maximum Gasteiger partial charge on any atom is 0.127 e. The maximum atomic E-state index is 5.84. The van der Waals surface area contributed by atoms with Gasteiger partial charge in [-0.3, -0.25) is 0 Å². The molecule has 1 fully saturated rings. The molecule has 0 atom stereocenters. The van der Waals surface area contributed by atoms with Gasteiger partial charge in [0, 0.05) is 22.2 Å². The smallest absolute Gasteiger partial charge is 0.127 e. The summed E-state index contributed by atoms with van der Waals surface area (Å²) in [5.41, 5.74) is 7.66. The van der Waals surface area contributed by atoms with E-state index < -0.39 is 0 Å². The largest absolute Gasteiger partial charge is 0.389 e. The number of benzene rings is 1. The van der Waals surface area contributed by atoms with Crippen LogP contribution in [-0.2, 0) is 0 Å². The van der Waals surface area contributed by atoms with Gasteiger partial charge in [-0.25, -0.2) is 4.98 Å². The van der Waals surface area contributed by atoms with Crippen LogP contribution < -0.4 is 11.1 Å². The van der Waals surface area contributed by atoms with Crippen LogP contribution >= 0.6 is 24.0 Å². The number of para-hydroxylation sites is 1. The van der Waals surface area contributed by atoms with Crippen molar-refractivity contribution in [1.82, 2.24) is 4.98 Å². The van der Waals surface area contributed by atoms with E-state index in [0.717, 1.165) is 28.8 Å². The topological polar surface area (TPSA) is 50.9 Å². The minimum Gasteiger partial charge on any atom is -0.389 e. The predicted molar refractivity (Wildman–Crippen MR) is 91.6 cm³/mol. The zero-order valence-electron chi connectivity index (χ0n) is 11.3. The molecule has 0 saturated heterocycles. The van der Waals surface area contributed by atoms with Gasteiger partial charge in [-0.2, -0.15) is 11.8 Å². The molecule has 3 nitrogen and oxygen atoms in total. The van der Waals surface area contributed by atoms with E-state index in [-0.39, 0.29) is 0 Å². The monoisotopic (exact) mass is 303 g/mol. The fourth-order valence-electron chi connectivity index (χ4n) is 2.31. The van der Waals surface area contributed by atoms with Gasteiger partial charge < -0.3 is 11.1 Å². The summed E-state index contributed by atoms with van der Waals surface area (Å²) in [6.07, 6.45) is 4.72. The summed E-state index contributed by atoms with van der Waals surface area (Å²) < 4.78 is 0.400. The minimum atomic E-state index is 0.400. The molecule has 0 unspecified atom stereocenters.